The minimum absolute atomic E-state index is 0.0378. The number of hydrogen-bond donors (Lipinski definition) is 0. The fourth-order valence-corrected chi connectivity index (χ4v) is 5.00. The molecule has 3 fully saturated rings. The van der Waals surface area contributed by atoms with E-state index >= 15 is 0 Å². The quantitative estimate of drug-likeness (QED) is 0.714. The third kappa shape index (κ3) is 3.78. The highest BCUT2D eigenvalue weighted by atomic mass is 35.5. The average Bonchev–Trinajstić information content (AvgIpc) is 3.33. The van der Waals surface area contributed by atoms with E-state index in [9.17, 15) is 9.59 Å². The summed E-state index contributed by atoms with van der Waals surface area (Å²) >= 11 is 12.2. The number of nitrogens with zero attached hydrogens (tertiary/aromatic N) is 2. The zero-order chi connectivity index (χ0) is 20.1. The lowest BCUT2D eigenvalue weighted by atomic mass is 9.90. The summed E-state index contributed by atoms with van der Waals surface area (Å²) in [6, 6.07) is 5.79. The number of halogens is 2. The number of piperidine rings is 1. The number of likely N-dealkylation sites (tertiary alicyclic amines) is 2. The Kier molecular flexibility index (Phi) is 5.39. The lowest BCUT2D eigenvalue weighted by Crippen LogP contribution is -2.45. The normalized spacial score (nSPS) is 27.1. The molecular weight excluding hydrogens is 395 g/mol. The molecule has 0 spiro atoms. The molecule has 3 aliphatic rings. The van der Waals surface area contributed by atoms with Crippen LogP contribution in [0.5, 0.6) is 0 Å². The summed E-state index contributed by atoms with van der Waals surface area (Å²) in [6.45, 7) is 7.18. The van der Waals surface area contributed by atoms with E-state index < -0.39 is 0 Å². The van der Waals surface area contributed by atoms with E-state index in [0.717, 1.165) is 44.3 Å². The van der Waals surface area contributed by atoms with E-state index in [4.69, 9.17) is 23.2 Å². The van der Waals surface area contributed by atoms with Gasteiger partial charge in [-0.2, -0.15) is 0 Å². The molecule has 1 saturated carbocycles. The van der Waals surface area contributed by atoms with Crippen LogP contribution in [0.1, 0.15) is 51.0 Å². The molecule has 4 nitrogen and oxygen atoms in total. The van der Waals surface area contributed by atoms with E-state index in [0.29, 0.717) is 29.1 Å². The van der Waals surface area contributed by atoms with Gasteiger partial charge in [-0.15, -0.1) is 0 Å². The highest BCUT2D eigenvalue weighted by Gasteiger charge is 2.48. The molecule has 0 N–H and O–H groups in total. The molecule has 152 valence electrons. The Balaban J connectivity index is 1.35. The molecule has 1 aromatic rings. The van der Waals surface area contributed by atoms with Crippen LogP contribution in [0.15, 0.2) is 18.2 Å². The van der Waals surface area contributed by atoms with Gasteiger partial charge in [0.25, 0.3) is 0 Å². The molecule has 2 saturated heterocycles. The number of hydrogen-bond acceptors (Lipinski definition) is 2. The predicted molar refractivity (Wildman–Crippen MR) is 112 cm³/mol. The van der Waals surface area contributed by atoms with Gasteiger partial charge in [0.15, 0.2) is 0 Å². The molecule has 2 heterocycles. The van der Waals surface area contributed by atoms with E-state index in [-0.39, 0.29) is 29.1 Å². The fourth-order valence-electron chi connectivity index (χ4n) is 4.69. The van der Waals surface area contributed by atoms with Gasteiger partial charge < -0.3 is 9.80 Å². The van der Waals surface area contributed by atoms with Crippen molar-refractivity contribution in [1.29, 1.82) is 0 Å². The molecule has 1 aliphatic carbocycles. The maximum absolute atomic E-state index is 13.1. The SMILES string of the molecule is C[C@@H]1CN(C(=O)C2CCN(C(=O)C3(C)CC3)CC2)C[C@H]1c1ccc(Cl)c(Cl)c1. The number of amides is 2. The molecule has 4 rings (SSSR count). The topological polar surface area (TPSA) is 40.6 Å². The molecule has 1 aromatic carbocycles. The maximum Gasteiger partial charge on any atom is 0.228 e. The summed E-state index contributed by atoms with van der Waals surface area (Å²) in [5.74, 6) is 1.25. The monoisotopic (exact) mass is 422 g/mol. The van der Waals surface area contributed by atoms with Crippen LogP contribution in [0, 0.1) is 17.3 Å². The van der Waals surface area contributed by atoms with Crippen LogP contribution < -0.4 is 0 Å². The first-order valence-corrected chi connectivity index (χ1v) is 11.1. The summed E-state index contributed by atoms with van der Waals surface area (Å²) in [5, 5.41) is 1.13. The Morgan fingerprint density at radius 3 is 2.32 bits per heavy atom. The van der Waals surface area contributed by atoms with Crippen molar-refractivity contribution in [2.45, 2.75) is 45.4 Å². The van der Waals surface area contributed by atoms with Crippen LogP contribution in [0.4, 0.5) is 0 Å². The highest BCUT2D eigenvalue weighted by Crippen LogP contribution is 2.47. The number of carbonyl (C=O) groups is 2. The molecule has 2 aliphatic heterocycles. The second-order valence-corrected chi connectivity index (χ2v) is 9.94. The zero-order valence-corrected chi connectivity index (χ0v) is 18.1. The van der Waals surface area contributed by atoms with Crippen molar-refractivity contribution in [2.75, 3.05) is 26.2 Å². The third-order valence-electron chi connectivity index (χ3n) is 6.94. The second-order valence-electron chi connectivity index (χ2n) is 9.13. The Labute approximate surface area is 177 Å². The first-order chi connectivity index (χ1) is 13.3. The highest BCUT2D eigenvalue weighted by molar-refractivity contribution is 6.42. The molecule has 0 radical (unpaired) electrons. The van der Waals surface area contributed by atoms with Gasteiger partial charge in [0.1, 0.15) is 0 Å². The summed E-state index contributed by atoms with van der Waals surface area (Å²) in [7, 11) is 0. The molecule has 2 amide bonds. The zero-order valence-electron chi connectivity index (χ0n) is 16.6. The summed E-state index contributed by atoms with van der Waals surface area (Å²) in [5.41, 5.74) is 1.03. The number of rotatable bonds is 3. The maximum atomic E-state index is 13.1. The van der Waals surface area contributed by atoms with Crippen LogP contribution in [0.3, 0.4) is 0 Å². The second kappa shape index (κ2) is 7.53. The van der Waals surface area contributed by atoms with Crippen molar-refractivity contribution in [3.63, 3.8) is 0 Å². The molecule has 28 heavy (non-hydrogen) atoms. The Morgan fingerprint density at radius 2 is 1.71 bits per heavy atom. The van der Waals surface area contributed by atoms with E-state index in [2.05, 4.69) is 13.8 Å². The molecule has 2 atom stereocenters. The van der Waals surface area contributed by atoms with Crippen molar-refractivity contribution in [3.05, 3.63) is 33.8 Å². The fraction of sp³-hybridized carbons (Fsp3) is 0.636. The predicted octanol–water partition coefficient (Wildman–Crippen LogP) is 4.59. The third-order valence-corrected chi connectivity index (χ3v) is 7.68. The average molecular weight is 423 g/mol. The van der Waals surface area contributed by atoms with Crippen LogP contribution in [0.2, 0.25) is 10.0 Å². The first-order valence-electron chi connectivity index (χ1n) is 10.3. The van der Waals surface area contributed by atoms with Crippen molar-refractivity contribution < 1.29 is 9.59 Å². The number of benzene rings is 1. The van der Waals surface area contributed by atoms with Crippen LogP contribution in [0.25, 0.3) is 0 Å². The van der Waals surface area contributed by atoms with E-state index in [1.54, 1.807) is 0 Å². The van der Waals surface area contributed by atoms with Crippen LogP contribution >= 0.6 is 23.2 Å². The smallest absolute Gasteiger partial charge is 0.228 e. The molecule has 0 aromatic heterocycles. The lowest BCUT2D eigenvalue weighted by molar-refractivity contribution is -0.142. The Bertz CT molecular complexity index is 785. The van der Waals surface area contributed by atoms with Gasteiger partial charge in [0.2, 0.25) is 11.8 Å². The van der Waals surface area contributed by atoms with Gasteiger partial charge >= 0.3 is 0 Å². The van der Waals surface area contributed by atoms with Gasteiger partial charge in [-0.25, -0.2) is 0 Å². The lowest BCUT2D eigenvalue weighted by Gasteiger charge is -2.34. The first kappa shape index (κ1) is 20.0. The molecular formula is C22H28Cl2N2O2. The summed E-state index contributed by atoms with van der Waals surface area (Å²) < 4.78 is 0. The number of carbonyl (C=O) groups excluding carboxylic acids is 2. The van der Waals surface area contributed by atoms with Gasteiger partial charge in [-0.1, -0.05) is 43.1 Å². The van der Waals surface area contributed by atoms with E-state index in [1.807, 2.05) is 28.0 Å². The van der Waals surface area contributed by atoms with Crippen molar-refractivity contribution >= 4 is 35.0 Å². The molecule has 6 heteroatoms. The molecule has 0 bridgehead atoms. The standard InChI is InChI=1S/C22H28Cl2N2O2/c1-14-12-26(13-17(14)16-3-4-18(23)19(24)11-16)20(27)15-5-9-25(10-6-15)21(28)22(2)7-8-22/h3-4,11,14-15,17H,5-10,12-13H2,1-2H3/t14-,17-/m1/s1. The van der Waals surface area contributed by atoms with Gasteiger partial charge in [0, 0.05) is 43.4 Å². The van der Waals surface area contributed by atoms with Crippen molar-refractivity contribution in [1.82, 2.24) is 9.80 Å². The van der Waals surface area contributed by atoms with Crippen molar-refractivity contribution in [3.8, 4) is 0 Å². The minimum atomic E-state index is -0.117. The van der Waals surface area contributed by atoms with Gasteiger partial charge in [-0.05, 0) is 49.3 Å². The van der Waals surface area contributed by atoms with Crippen LogP contribution in [-0.2, 0) is 9.59 Å². The Hall–Kier alpha value is -1.26. The van der Waals surface area contributed by atoms with Crippen molar-refractivity contribution in [2.24, 2.45) is 17.3 Å². The largest absolute Gasteiger partial charge is 0.342 e. The minimum Gasteiger partial charge on any atom is -0.342 e. The van der Waals surface area contributed by atoms with Gasteiger partial charge in [0.05, 0.1) is 10.0 Å². The summed E-state index contributed by atoms with van der Waals surface area (Å²) in [6.07, 6.45) is 3.57. The molecule has 0 unspecified atom stereocenters. The van der Waals surface area contributed by atoms with Crippen LogP contribution in [-0.4, -0.2) is 47.8 Å². The summed E-state index contributed by atoms with van der Waals surface area (Å²) in [4.78, 5) is 29.6. The van der Waals surface area contributed by atoms with E-state index in [1.165, 1.54) is 0 Å². The Morgan fingerprint density at radius 1 is 1.04 bits per heavy atom. The van der Waals surface area contributed by atoms with Gasteiger partial charge in [-0.3, -0.25) is 9.59 Å².